The van der Waals surface area contributed by atoms with Gasteiger partial charge in [0.15, 0.2) is 0 Å². The Bertz CT molecular complexity index is 347. The molecule has 1 aromatic rings. The van der Waals surface area contributed by atoms with E-state index in [4.69, 9.17) is 16.3 Å². The number of nitrogens with one attached hydrogen (secondary N) is 2. The van der Waals surface area contributed by atoms with Gasteiger partial charge in [0.25, 0.3) is 0 Å². The molecule has 0 aliphatic heterocycles. The molecule has 0 aliphatic rings. The number of halogens is 1. The molecular formula is C16H27ClN2O. The summed E-state index contributed by atoms with van der Waals surface area (Å²) >= 11 is 5.59. The molecule has 0 amide bonds. The zero-order chi connectivity index (χ0) is 14.5. The van der Waals surface area contributed by atoms with E-state index >= 15 is 0 Å². The van der Waals surface area contributed by atoms with Crippen LogP contribution in [0.1, 0.15) is 31.2 Å². The Labute approximate surface area is 128 Å². The molecule has 0 radical (unpaired) electrons. The lowest BCUT2D eigenvalue weighted by Crippen LogP contribution is -2.18. The van der Waals surface area contributed by atoms with Crippen molar-refractivity contribution in [1.82, 2.24) is 10.6 Å². The van der Waals surface area contributed by atoms with Crippen molar-refractivity contribution in [2.75, 3.05) is 32.6 Å². The summed E-state index contributed by atoms with van der Waals surface area (Å²) in [5.74, 6) is 1.66. The SMILES string of the molecule is COc1ccccc1CNCCCCCCNCCCl. The predicted molar refractivity (Wildman–Crippen MR) is 86.8 cm³/mol. The predicted octanol–water partition coefficient (Wildman–Crippen LogP) is 3.17. The summed E-state index contributed by atoms with van der Waals surface area (Å²) in [6.07, 6.45) is 5.03. The highest BCUT2D eigenvalue weighted by atomic mass is 35.5. The van der Waals surface area contributed by atoms with Crippen molar-refractivity contribution in [1.29, 1.82) is 0 Å². The number of alkyl halides is 1. The second kappa shape index (κ2) is 12.0. The van der Waals surface area contributed by atoms with E-state index in [0.29, 0.717) is 5.88 Å². The largest absolute Gasteiger partial charge is 0.496 e. The van der Waals surface area contributed by atoms with Crippen LogP contribution in [-0.4, -0.2) is 32.6 Å². The molecular weight excluding hydrogens is 272 g/mol. The molecule has 0 spiro atoms. The van der Waals surface area contributed by atoms with E-state index in [1.54, 1.807) is 7.11 Å². The standard InChI is InChI=1S/C16H27ClN2O/c1-20-16-9-5-4-8-15(16)14-19-12-7-3-2-6-11-18-13-10-17/h4-5,8-9,18-19H,2-3,6-7,10-14H2,1H3. The summed E-state index contributed by atoms with van der Waals surface area (Å²) in [6, 6.07) is 8.16. The Balaban J connectivity index is 1.97. The fourth-order valence-electron chi connectivity index (χ4n) is 2.12. The van der Waals surface area contributed by atoms with Crippen LogP contribution in [0.3, 0.4) is 0 Å². The summed E-state index contributed by atoms with van der Waals surface area (Å²) in [6.45, 7) is 3.94. The number of hydrogen-bond donors (Lipinski definition) is 2. The van der Waals surface area contributed by atoms with E-state index in [1.807, 2.05) is 18.2 Å². The van der Waals surface area contributed by atoms with Crippen molar-refractivity contribution in [3.8, 4) is 5.75 Å². The lowest BCUT2D eigenvalue weighted by Gasteiger charge is -2.09. The molecule has 0 unspecified atom stereocenters. The van der Waals surface area contributed by atoms with Crippen molar-refractivity contribution >= 4 is 11.6 Å². The molecule has 3 nitrogen and oxygen atoms in total. The zero-order valence-electron chi connectivity index (χ0n) is 12.5. The molecule has 20 heavy (non-hydrogen) atoms. The van der Waals surface area contributed by atoms with E-state index in [0.717, 1.165) is 31.9 Å². The molecule has 0 saturated heterocycles. The average Bonchev–Trinajstić information content (AvgIpc) is 2.49. The first-order valence-electron chi connectivity index (χ1n) is 7.47. The molecule has 1 rings (SSSR count). The van der Waals surface area contributed by atoms with Crippen molar-refractivity contribution < 1.29 is 4.74 Å². The number of unbranched alkanes of at least 4 members (excludes halogenated alkanes) is 3. The Morgan fingerprint density at radius 1 is 0.950 bits per heavy atom. The normalized spacial score (nSPS) is 10.7. The number of rotatable bonds is 12. The zero-order valence-corrected chi connectivity index (χ0v) is 13.2. The van der Waals surface area contributed by atoms with Gasteiger partial charge in [-0.2, -0.15) is 0 Å². The highest BCUT2D eigenvalue weighted by molar-refractivity contribution is 6.18. The number of benzene rings is 1. The fourth-order valence-corrected chi connectivity index (χ4v) is 2.25. The van der Waals surface area contributed by atoms with Crippen LogP contribution in [0.25, 0.3) is 0 Å². The fraction of sp³-hybridized carbons (Fsp3) is 0.625. The van der Waals surface area contributed by atoms with Crippen LogP contribution in [0.5, 0.6) is 5.75 Å². The highest BCUT2D eigenvalue weighted by Crippen LogP contribution is 2.16. The maximum atomic E-state index is 5.59. The second-order valence-electron chi connectivity index (χ2n) is 4.84. The van der Waals surface area contributed by atoms with Crippen LogP contribution in [0, 0.1) is 0 Å². The number of hydrogen-bond acceptors (Lipinski definition) is 3. The van der Waals surface area contributed by atoms with E-state index in [1.165, 1.54) is 31.2 Å². The summed E-state index contributed by atoms with van der Waals surface area (Å²) in [5.41, 5.74) is 1.22. The topological polar surface area (TPSA) is 33.3 Å². The molecule has 0 heterocycles. The lowest BCUT2D eigenvalue weighted by atomic mass is 10.1. The third kappa shape index (κ3) is 7.73. The molecule has 0 fully saturated rings. The van der Waals surface area contributed by atoms with Gasteiger partial charge in [0.05, 0.1) is 7.11 Å². The summed E-state index contributed by atoms with van der Waals surface area (Å²) in [7, 11) is 1.72. The first-order chi connectivity index (χ1) is 9.88. The van der Waals surface area contributed by atoms with Gasteiger partial charge in [-0.05, 0) is 32.0 Å². The average molecular weight is 299 g/mol. The van der Waals surface area contributed by atoms with Crippen LogP contribution in [0.4, 0.5) is 0 Å². The van der Waals surface area contributed by atoms with Crippen LogP contribution in [-0.2, 0) is 6.54 Å². The maximum Gasteiger partial charge on any atom is 0.123 e. The molecule has 0 aromatic heterocycles. The molecule has 0 atom stereocenters. The first-order valence-corrected chi connectivity index (χ1v) is 8.01. The van der Waals surface area contributed by atoms with Crippen LogP contribution in [0.15, 0.2) is 24.3 Å². The van der Waals surface area contributed by atoms with Crippen molar-refractivity contribution in [2.45, 2.75) is 32.2 Å². The molecule has 4 heteroatoms. The van der Waals surface area contributed by atoms with Crippen LogP contribution in [0.2, 0.25) is 0 Å². The van der Waals surface area contributed by atoms with Crippen LogP contribution < -0.4 is 15.4 Å². The summed E-state index contributed by atoms with van der Waals surface area (Å²) in [4.78, 5) is 0. The van der Waals surface area contributed by atoms with Gasteiger partial charge < -0.3 is 15.4 Å². The van der Waals surface area contributed by atoms with Crippen LogP contribution >= 0.6 is 11.6 Å². The van der Waals surface area contributed by atoms with E-state index in [-0.39, 0.29) is 0 Å². The minimum atomic E-state index is 0.701. The molecule has 0 saturated carbocycles. The summed E-state index contributed by atoms with van der Waals surface area (Å²) < 4.78 is 5.33. The third-order valence-corrected chi connectivity index (χ3v) is 3.43. The number of ether oxygens (including phenoxy) is 1. The van der Waals surface area contributed by atoms with Crippen molar-refractivity contribution in [3.63, 3.8) is 0 Å². The number of methoxy groups -OCH3 is 1. The smallest absolute Gasteiger partial charge is 0.123 e. The maximum absolute atomic E-state index is 5.59. The van der Waals surface area contributed by atoms with E-state index in [2.05, 4.69) is 16.7 Å². The van der Waals surface area contributed by atoms with Crippen molar-refractivity contribution in [2.24, 2.45) is 0 Å². The Morgan fingerprint density at radius 2 is 1.65 bits per heavy atom. The van der Waals surface area contributed by atoms with Crippen molar-refractivity contribution in [3.05, 3.63) is 29.8 Å². The van der Waals surface area contributed by atoms with Gasteiger partial charge in [0.2, 0.25) is 0 Å². The van der Waals surface area contributed by atoms with E-state index in [9.17, 15) is 0 Å². The Hall–Kier alpha value is -0.770. The minimum absolute atomic E-state index is 0.701. The summed E-state index contributed by atoms with van der Waals surface area (Å²) in [5, 5.41) is 6.78. The van der Waals surface area contributed by atoms with Gasteiger partial charge in [-0.15, -0.1) is 11.6 Å². The second-order valence-corrected chi connectivity index (χ2v) is 5.22. The van der Waals surface area contributed by atoms with Gasteiger partial charge in [-0.1, -0.05) is 31.0 Å². The van der Waals surface area contributed by atoms with E-state index < -0.39 is 0 Å². The number of para-hydroxylation sites is 1. The third-order valence-electron chi connectivity index (χ3n) is 3.24. The Morgan fingerprint density at radius 3 is 2.35 bits per heavy atom. The molecule has 2 N–H and O–H groups in total. The van der Waals surface area contributed by atoms with Gasteiger partial charge in [-0.3, -0.25) is 0 Å². The quantitative estimate of drug-likeness (QED) is 0.459. The van der Waals surface area contributed by atoms with Gasteiger partial charge in [-0.25, -0.2) is 0 Å². The highest BCUT2D eigenvalue weighted by Gasteiger charge is 2.00. The molecule has 1 aromatic carbocycles. The molecule has 0 aliphatic carbocycles. The molecule has 114 valence electrons. The first kappa shape index (κ1) is 17.3. The van der Waals surface area contributed by atoms with Gasteiger partial charge in [0, 0.05) is 24.5 Å². The molecule has 0 bridgehead atoms. The lowest BCUT2D eigenvalue weighted by molar-refractivity contribution is 0.407. The monoisotopic (exact) mass is 298 g/mol. The van der Waals surface area contributed by atoms with Gasteiger partial charge >= 0.3 is 0 Å². The minimum Gasteiger partial charge on any atom is -0.496 e. The van der Waals surface area contributed by atoms with Gasteiger partial charge in [0.1, 0.15) is 5.75 Å². The Kier molecular flexibility index (Phi) is 10.4.